The maximum atomic E-state index is 10.7. The summed E-state index contributed by atoms with van der Waals surface area (Å²) in [7, 11) is 0. The first kappa shape index (κ1) is 15.6. The van der Waals surface area contributed by atoms with Gasteiger partial charge < -0.3 is 0 Å². The van der Waals surface area contributed by atoms with Crippen molar-refractivity contribution < 1.29 is 4.92 Å². The molecule has 1 aromatic rings. The molecule has 0 amide bonds. The van der Waals surface area contributed by atoms with E-state index in [0.29, 0.717) is 12.1 Å². The average molecular weight is 273 g/mol. The van der Waals surface area contributed by atoms with Crippen molar-refractivity contribution in [1.29, 1.82) is 0 Å². The van der Waals surface area contributed by atoms with Crippen molar-refractivity contribution in [2.24, 2.45) is 0 Å². The van der Waals surface area contributed by atoms with Crippen LogP contribution >= 0.6 is 0 Å². The van der Waals surface area contributed by atoms with Crippen LogP contribution in [-0.2, 0) is 0 Å². The van der Waals surface area contributed by atoms with E-state index >= 15 is 0 Å². The Kier molecular flexibility index (Phi) is 6.16. The van der Waals surface area contributed by atoms with Crippen LogP contribution in [0.2, 0.25) is 0 Å². The molecule has 1 aromatic heterocycles. The van der Waals surface area contributed by atoms with E-state index in [4.69, 9.17) is 0 Å². The minimum absolute atomic E-state index is 0.155. The average Bonchev–Trinajstić information content (AvgIpc) is 2.89. The van der Waals surface area contributed by atoms with Crippen LogP contribution in [0.5, 0.6) is 0 Å². The van der Waals surface area contributed by atoms with Gasteiger partial charge in [0.25, 0.3) is 0 Å². The van der Waals surface area contributed by atoms with Gasteiger partial charge in [-0.2, -0.15) is 5.10 Å². The van der Waals surface area contributed by atoms with Crippen LogP contribution < -0.4 is 0 Å². The van der Waals surface area contributed by atoms with Crippen molar-refractivity contribution in [2.45, 2.75) is 26.7 Å². The Morgan fingerprint density at radius 1 is 1.50 bits per heavy atom. The summed E-state index contributed by atoms with van der Waals surface area (Å²) in [6, 6.07) is 0. The van der Waals surface area contributed by atoms with Gasteiger partial charge in [0.1, 0.15) is 0 Å². The lowest BCUT2D eigenvalue weighted by atomic mass is 10.3. The minimum Gasteiger partial charge on any atom is -0.259 e. The molecule has 0 aliphatic heterocycles. The second-order valence-corrected chi connectivity index (χ2v) is 4.09. The molecular formula is C15H19N3O2. The largest absolute Gasteiger partial charge is 0.259 e. The molecule has 0 aliphatic carbocycles. The lowest BCUT2D eigenvalue weighted by molar-refractivity contribution is -0.427. The molecule has 0 atom stereocenters. The van der Waals surface area contributed by atoms with Gasteiger partial charge in [0.05, 0.1) is 16.8 Å². The van der Waals surface area contributed by atoms with Crippen molar-refractivity contribution in [3.05, 3.63) is 64.7 Å². The van der Waals surface area contributed by atoms with Gasteiger partial charge in [-0.15, -0.1) is 0 Å². The topological polar surface area (TPSA) is 61.0 Å². The van der Waals surface area contributed by atoms with E-state index in [1.54, 1.807) is 30.0 Å². The Balaban J connectivity index is 3.01. The van der Waals surface area contributed by atoms with Crippen LogP contribution in [0, 0.1) is 10.1 Å². The highest BCUT2D eigenvalue weighted by Crippen LogP contribution is 2.10. The normalized spacial score (nSPS) is 12.9. The summed E-state index contributed by atoms with van der Waals surface area (Å²) in [6.45, 7) is 7.52. The highest BCUT2D eigenvalue weighted by atomic mass is 16.6. The fourth-order valence-electron chi connectivity index (χ4n) is 1.55. The maximum Gasteiger partial charge on any atom is 0.246 e. The first-order valence-electron chi connectivity index (χ1n) is 6.51. The standard InChI is InChI=1S/C15H19N3O2/c1-4-7-8-13-11-16-17(12-13)14(5-2)9-10-15(6-3)18(19)20/h5,7-12H,2,4,6H2,1,3H3/b8-7-,14-9+,15-10+. The van der Waals surface area contributed by atoms with Gasteiger partial charge in [-0.1, -0.05) is 32.6 Å². The van der Waals surface area contributed by atoms with Crippen LogP contribution in [-0.4, -0.2) is 14.7 Å². The Morgan fingerprint density at radius 3 is 2.80 bits per heavy atom. The summed E-state index contributed by atoms with van der Waals surface area (Å²) in [5.74, 6) is 0. The number of rotatable bonds is 7. The maximum absolute atomic E-state index is 10.7. The van der Waals surface area contributed by atoms with Gasteiger partial charge in [0.2, 0.25) is 5.70 Å². The number of nitrogens with zero attached hydrogens (tertiary/aromatic N) is 3. The van der Waals surface area contributed by atoms with Crippen LogP contribution in [0.25, 0.3) is 11.8 Å². The van der Waals surface area contributed by atoms with E-state index in [0.717, 1.165) is 12.0 Å². The van der Waals surface area contributed by atoms with Gasteiger partial charge >= 0.3 is 0 Å². The van der Waals surface area contributed by atoms with Gasteiger partial charge in [0.15, 0.2) is 0 Å². The SMILES string of the molecule is C=C/C(=C\C=C(/CC)[N+](=O)[O-])n1cc(/C=C\CC)cn1. The van der Waals surface area contributed by atoms with Crippen LogP contribution in [0.1, 0.15) is 32.3 Å². The molecule has 5 heteroatoms. The molecule has 0 saturated carbocycles. The van der Waals surface area contributed by atoms with Gasteiger partial charge in [-0.3, -0.25) is 10.1 Å². The summed E-state index contributed by atoms with van der Waals surface area (Å²) in [4.78, 5) is 10.4. The lowest BCUT2D eigenvalue weighted by Gasteiger charge is -1.99. The quantitative estimate of drug-likeness (QED) is 0.430. The van der Waals surface area contributed by atoms with Crippen molar-refractivity contribution >= 4 is 11.8 Å². The molecule has 0 saturated heterocycles. The molecule has 0 N–H and O–H groups in total. The summed E-state index contributed by atoms with van der Waals surface area (Å²) in [5.41, 5.74) is 1.82. The van der Waals surface area contributed by atoms with Gasteiger partial charge in [-0.05, 0) is 18.6 Å². The molecule has 0 bridgehead atoms. The molecule has 0 spiro atoms. The van der Waals surface area contributed by atoms with Crippen LogP contribution in [0.3, 0.4) is 0 Å². The Labute approximate surface area is 118 Å². The summed E-state index contributed by atoms with van der Waals surface area (Å²) in [6.07, 6.45) is 13.7. The number of nitro groups is 1. The smallest absolute Gasteiger partial charge is 0.246 e. The number of aromatic nitrogens is 2. The van der Waals surface area contributed by atoms with Crippen molar-refractivity contribution in [1.82, 2.24) is 9.78 Å². The van der Waals surface area contributed by atoms with Crippen LogP contribution in [0.15, 0.2) is 49.0 Å². The Hall–Kier alpha value is -2.43. The van der Waals surface area contributed by atoms with Crippen molar-refractivity contribution in [3.8, 4) is 0 Å². The minimum atomic E-state index is -0.379. The molecule has 106 valence electrons. The van der Waals surface area contributed by atoms with E-state index < -0.39 is 0 Å². The van der Waals surface area contributed by atoms with Crippen molar-refractivity contribution in [2.75, 3.05) is 0 Å². The lowest BCUT2D eigenvalue weighted by Crippen LogP contribution is -1.97. The fourth-order valence-corrected chi connectivity index (χ4v) is 1.55. The Bertz CT molecular complexity index is 565. The van der Waals surface area contributed by atoms with E-state index in [1.165, 1.54) is 6.08 Å². The van der Waals surface area contributed by atoms with Crippen molar-refractivity contribution in [3.63, 3.8) is 0 Å². The van der Waals surface area contributed by atoms with Gasteiger partial charge in [0, 0.05) is 24.3 Å². The molecule has 1 rings (SSSR count). The molecule has 0 aromatic carbocycles. The third-order valence-corrected chi connectivity index (χ3v) is 2.67. The van der Waals surface area contributed by atoms with Gasteiger partial charge in [-0.25, -0.2) is 4.68 Å². The highest BCUT2D eigenvalue weighted by Gasteiger charge is 2.05. The van der Waals surface area contributed by atoms with E-state index in [9.17, 15) is 10.1 Å². The number of hydrogen-bond donors (Lipinski definition) is 0. The first-order chi connectivity index (χ1) is 9.62. The zero-order chi connectivity index (χ0) is 15.0. The zero-order valence-electron chi connectivity index (χ0n) is 11.8. The number of allylic oxidation sites excluding steroid dienone is 6. The molecule has 0 radical (unpaired) electrons. The predicted molar refractivity (Wildman–Crippen MR) is 81.4 cm³/mol. The second kappa shape index (κ2) is 7.89. The van der Waals surface area contributed by atoms with E-state index in [2.05, 4.69) is 18.6 Å². The fraction of sp³-hybridized carbons (Fsp3) is 0.267. The molecular weight excluding hydrogens is 254 g/mol. The molecule has 0 fully saturated rings. The van der Waals surface area contributed by atoms with E-state index in [-0.39, 0.29) is 10.6 Å². The number of hydrogen-bond acceptors (Lipinski definition) is 3. The summed E-state index contributed by atoms with van der Waals surface area (Å²) < 4.78 is 1.64. The summed E-state index contributed by atoms with van der Waals surface area (Å²) >= 11 is 0. The van der Waals surface area contributed by atoms with E-state index in [1.807, 2.05) is 18.3 Å². The monoisotopic (exact) mass is 273 g/mol. The third kappa shape index (κ3) is 4.35. The third-order valence-electron chi connectivity index (χ3n) is 2.67. The molecule has 0 aliphatic rings. The zero-order valence-corrected chi connectivity index (χ0v) is 11.8. The second-order valence-electron chi connectivity index (χ2n) is 4.09. The summed E-state index contributed by atoms with van der Waals surface area (Å²) in [5, 5.41) is 15.0. The molecule has 0 unspecified atom stereocenters. The predicted octanol–water partition coefficient (Wildman–Crippen LogP) is 3.90. The molecule has 20 heavy (non-hydrogen) atoms. The molecule has 5 nitrogen and oxygen atoms in total. The highest BCUT2D eigenvalue weighted by molar-refractivity contribution is 5.59. The Morgan fingerprint density at radius 2 is 2.25 bits per heavy atom. The van der Waals surface area contributed by atoms with Crippen LogP contribution in [0.4, 0.5) is 0 Å². The molecule has 1 heterocycles. The first-order valence-corrected chi connectivity index (χ1v) is 6.51.